The largest absolute Gasteiger partial charge is 0.383 e. The highest BCUT2D eigenvalue weighted by atomic mass is 32.1. The van der Waals surface area contributed by atoms with Crippen molar-refractivity contribution in [2.45, 2.75) is 44.2 Å². The molecule has 1 aliphatic heterocycles. The number of anilines is 1. The van der Waals surface area contributed by atoms with Crippen molar-refractivity contribution in [3.8, 4) is 0 Å². The number of hydrogen-bond acceptors (Lipinski definition) is 6. The van der Waals surface area contributed by atoms with Gasteiger partial charge in [-0.1, -0.05) is 30.3 Å². The lowest BCUT2D eigenvalue weighted by molar-refractivity contribution is 0.316. The standard InChI is InChI=1S/C21H25N5S/c22-16-11-26(10-15(16)13-6-2-1-3-7-13)12-18-24-20(23)19-14-8-4-5-9-17(14)27-21(19)25-18/h1-3,6-7,15-16H,4-5,8-12,22H2,(H2,23,24,25)/t15-,16+/m0/s1. The molecule has 0 radical (unpaired) electrons. The second kappa shape index (κ2) is 6.86. The van der Waals surface area contributed by atoms with Crippen LogP contribution in [0.3, 0.4) is 0 Å². The molecule has 5 nitrogen and oxygen atoms in total. The molecule has 1 aromatic carbocycles. The predicted octanol–water partition coefficient (Wildman–Crippen LogP) is 3.08. The van der Waals surface area contributed by atoms with Crippen LogP contribution in [0.4, 0.5) is 5.82 Å². The molecule has 3 aromatic rings. The van der Waals surface area contributed by atoms with E-state index in [0.717, 1.165) is 42.0 Å². The lowest BCUT2D eigenvalue weighted by Gasteiger charge is -2.15. The van der Waals surface area contributed by atoms with Crippen molar-refractivity contribution >= 4 is 27.4 Å². The van der Waals surface area contributed by atoms with Crippen molar-refractivity contribution in [1.29, 1.82) is 0 Å². The number of nitrogens with two attached hydrogens (primary N) is 2. The summed E-state index contributed by atoms with van der Waals surface area (Å²) in [5, 5.41) is 1.11. The lowest BCUT2D eigenvalue weighted by Crippen LogP contribution is -2.28. The van der Waals surface area contributed by atoms with Gasteiger partial charge in [-0.05, 0) is 36.8 Å². The Labute approximate surface area is 163 Å². The van der Waals surface area contributed by atoms with E-state index in [1.54, 1.807) is 0 Å². The highest BCUT2D eigenvalue weighted by Crippen LogP contribution is 2.38. The number of rotatable bonds is 3. The van der Waals surface area contributed by atoms with Gasteiger partial charge in [0, 0.05) is 29.9 Å². The second-order valence-corrected chi connectivity index (χ2v) is 8.87. The third kappa shape index (κ3) is 3.12. The molecule has 2 atom stereocenters. The van der Waals surface area contributed by atoms with E-state index < -0.39 is 0 Å². The normalized spacial score (nSPS) is 23.0. The van der Waals surface area contributed by atoms with Crippen molar-refractivity contribution in [3.63, 3.8) is 0 Å². The highest BCUT2D eigenvalue weighted by Gasteiger charge is 2.31. The van der Waals surface area contributed by atoms with Crippen molar-refractivity contribution in [2.24, 2.45) is 5.73 Å². The van der Waals surface area contributed by atoms with Crippen LogP contribution in [0.15, 0.2) is 30.3 Å². The highest BCUT2D eigenvalue weighted by molar-refractivity contribution is 7.19. The Morgan fingerprint density at radius 2 is 1.89 bits per heavy atom. The summed E-state index contributed by atoms with van der Waals surface area (Å²) in [6.07, 6.45) is 4.78. The third-order valence-corrected chi connectivity index (χ3v) is 7.11. The number of benzene rings is 1. The van der Waals surface area contributed by atoms with Crippen LogP contribution in [0.1, 0.15) is 40.6 Å². The van der Waals surface area contributed by atoms with E-state index in [0.29, 0.717) is 18.3 Å². The fraction of sp³-hybridized carbons (Fsp3) is 0.429. The monoisotopic (exact) mass is 379 g/mol. The number of nitrogen functional groups attached to an aromatic ring is 1. The molecule has 6 heteroatoms. The molecule has 3 heterocycles. The number of fused-ring (bicyclic) bond motifs is 3. The molecule has 5 rings (SSSR count). The molecule has 1 fully saturated rings. The summed E-state index contributed by atoms with van der Waals surface area (Å²) in [6.45, 7) is 2.51. The zero-order valence-corrected chi connectivity index (χ0v) is 16.2. The first-order valence-corrected chi connectivity index (χ1v) is 10.6. The van der Waals surface area contributed by atoms with Gasteiger partial charge in [0.15, 0.2) is 0 Å². The summed E-state index contributed by atoms with van der Waals surface area (Å²) in [6, 6.07) is 10.7. The summed E-state index contributed by atoms with van der Waals surface area (Å²) in [7, 11) is 0. The first-order chi connectivity index (χ1) is 13.2. The number of nitrogens with zero attached hydrogens (tertiary/aromatic N) is 3. The minimum absolute atomic E-state index is 0.141. The van der Waals surface area contributed by atoms with Gasteiger partial charge in [0.2, 0.25) is 0 Å². The molecule has 140 valence electrons. The summed E-state index contributed by atoms with van der Waals surface area (Å²) in [5.41, 5.74) is 15.5. The van der Waals surface area contributed by atoms with Gasteiger partial charge in [0.1, 0.15) is 16.5 Å². The molecule has 2 aromatic heterocycles. The molecule has 1 saturated heterocycles. The fourth-order valence-corrected chi connectivity index (χ4v) is 5.89. The number of thiophene rings is 1. The number of likely N-dealkylation sites (tertiary alicyclic amines) is 1. The van der Waals surface area contributed by atoms with Gasteiger partial charge in [0.05, 0.1) is 11.9 Å². The summed E-state index contributed by atoms with van der Waals surface area (Å²) >= 11 is 1.81. The topological polar surface area (TPSA) is 81.1 Å². The summed E-state index contributed by atoms with van der Waals surface area (Å²) < 4.78 is 0. The van der Waals surface area contributed by atoms with E-state index in [4.69, 9.17) is 16.5 Å². The van der Waals surface area contributed by atoms with E-state index in [2.05, 4.69) is 34.1 Å². The van der Waals surface area contributed by atoms with Crippen LogP contribution in [0.2, 0.25) is 0 Å². The zero-order chi connectivity index (χ0) is 18.4. The molecular formula is C21H25N5S. The fourth-order valence-electron chi connectivity index (χ4n) is 4.60. The average Bonchev–Trinajstić information content (AvgIpc) is 3.22. The molecule has 2 aliphatic rings. The van der Waals surface area contributed by atoms with Gasteiger partial charge in [0.25, 0.3) is 0 Å². The molecule has 0 bridgehead atoms. The van der Waals surface area contributed by atoms with Gasteiger partial charge in [-0.25, -0.2) is 9.97 Å². The zero-order valence-electron chi connectivity index (χ0n) is 15.4. The van der Waals surface area contributed by atoms with Crippen molar-refractivity contribution < 1.29 is 0 Å². The minimum atomic E-state index is 0.141. The van der Waals surface area contributed by atoms with Crippen LogP contribution < -0.4 is 11.5 Å². The van der Waals surface area contributed by atoms with Crippen molar-refractivity contribution in [3.05, 3.63) is 52.2 Å². The van der Waals surface area contributed by atoms with Gasteiger partial charge in [-0.2, -0.15) is 0 Å². The minimum Gasteiger partial charge on any atom is -0.383 e. The Morgan fingerprint density at radius 3 is 2.74 bits per heavy atom. The van der Waals surface area contributed by atoms with E-state index >= 15 is 0 Å². The predicted molar refractivity (Wildman–Crippen MR) is 111 cm³/mol. The number of aromatic nitrogens is 2. The van der Waals surface area contributed by atoms with Crippen molar-refractivity contribution in [1.82, 2.24) is 14.9 Å². The van der Waals surface area contributed by atoms with E-state index in [1.807, 2.05) is 17.4 Å². The Bertz CT molecular complexity index is 968. The molecule has 0 spiro atoms. The van der Waals surface area contributed by atoms with Crippen LogP contribution in [0.5, 0.6) is 0 Å². The maximum atomic E-state index is 6.44. The molecule has 0 unspecified atom stereocenters. The summed E-state index contributed by atoms with van der Waals surface area (Å²) in [4.78, 5) is 14.4. The van der Waals surface area contributed by atoms with Crippen LogP contribution in [-0.2, 0) is 19.4 Å². The maximum Gasteiger partial charge on any atom is 0.146 e. The van der Waals surface area contributed by atoms with Crippen LogP contribution in [0, 0.1) is 0 Å². The molecule has 0 amide bonds. The van der Waals surface area contributed by atoms with Gasteiger partial charge in [-0.15, -0.1) is 11.3 Å². The third-order valence-electron chi connectivity index (χ3n) is 5.92. The van der Waals surface area contributed by atoms with Gasteiger partial charge in [-0.3, -0.25) is 4.90 Å². The average molecular weight is 380 g/mol. The molecule has 27 heavy (non-hydrogen) atoms. The Balaban J connectivity index is 1.39. The van der Waals surface area contributed by atoms with E-state index in [1.165, 1.54) is 28.8 Å². The summed E-state index contributed by atoms with van der Waals surface area (Å²) in [5.74, 6) is 1.83. The quantitative estimate of drug-likeness (QED) is 0.731. The lowest BCUT2D eigenvalue weighted by atomic mass is 9.95. The molecule has 4 N–H and O–H groups in total. The maximum absolute atomic E-state index is 6.44. The molecule has 1 aliphatic carbocycles. The van der Waals surface area contributed by atoms with Gasteiger partial charge >= 0.3 is 0 Å². The first-order valence-electron chi connectivity index (χ1n) is 9.78. The van der Waals surface area contributed by atoms with Crippen LogP contribution in [0.25, 0.3) is 10.2 Å². The first kappa shape index (κ1) is 17.1. The Morgan fingerprint density at radius 1 is 1.07 bits per heavy atom. The van der Waals surface area contributed by atoms with E-state index in [9.17, 15) is 0 Å². The second-order valence-electron chi connectivity index (χ2n) is 7.79. The number of aryl methyl sites for hydroxylation is 2. The molecular weight excluding hydrogens is 354 g/mol. The Kier molecular flexibility index (Phi) is 4.34. The molecule has 0 saturated carbocycles. The smallest absolute Gasteiger partial charge is 0.146 e. The van der Waals surface area contributed by atoms with Crippen LogP contribution in [-0.4, -0.2) is 34.0 Å². The SMILES string of the molecule is Nc1nc(CN2C[C@@H](N)[C@H](c3ccccc3)C2)nc2sc3c(c12)CCCC3. The van der Waals surface area contributed by atoms with Crippen molar-refractivity contribution in [2.75, 3.05) is 18.8 Å². The van der Waals surface area contributed by atoms with Gasteiger partial charge < -0.3 is 11.5 Å². The van der Waals surface area contributed by atoms with E-state index in [-0.39, 0.29) is 6.04 Å². The number of hydrogen-bond donors (Lipinski definition) is 2. The van der Waals surface area contributed by atoms with Crippen LogP contribution >= 0.6 is 11.3 Å². The Hall–Kier alpha value is -2.02.